The monoisotopic (exact) mass is 345 g/mol. The lowest BCUT2D eigenvalue weighted by atomic mass is 10.1. The molecular weight excluding hydrogens is 335 g/mol. The SMILES string of the molecule is Nc1cc(Br)cnc1NCc1cccc(C(F)(F)F)c1. The molecule has 0 bridgehead atoms. The minimum absolute atomic E-state index is 0.211. The van der Waals surface area contributed by atoms with Crippen molar-refractivity contribution in [3.63, 3.8) is 0 Å². The van der Waals surface area contributed by atoms with Crippen molar-refractivity contribution in [1.29, 1.82) is 0 Å². The molecule has 0 radical (unpaired) electrons. The van der Waals surface area contributed by atoms with Crippen LogP contribution in [0.15, 0.2) is 41.0 Å². The number of nitrogen functional groups attached to an aromatic ring is 1. The molecule has 7 heteroatoms. The van der Waals surface area contributed by atoms with Crippen molar-refractivity contribution in [2.24, 2.45) is 0 Å². The van der Waals surface area contributed by atoms with Crippen LogP contribution in [-0.2, 0) is 12.7 Å². The van der Waals surface area contributed by atoms with Gasteiger partial charge in [0, 0.05) is 17.2 Å². The Labute approximate surface area is 122 Å². The molecule has 20 heavy (non-hydrogen) atoms. The fraction of sp³-hybridized carbons (Fsp3) is 0.154. The number of pyridine rings is 1. The minimum atomic E-state index is -4.34. The molecule has 0 aliphatic rings. The molecule has 0 amide bonds. The second-order valence-electron chi connectivity index (χ2n) is 4.14. The zero-order chi connectivity index (χ0) is 14.8. The first kappa shape index (κ1) is 14.6. The van der Waals surface area contributed by atoms with Gasteiger partial charge in [-0.15, -0.1) is 0 Å². The fourth-order valence-corrected chi connectivity index (χ4v) is 2.00. The molecule has 3 N–H and O–H groups in total. The number of alkyl halides is 3. The number of nitrogens with two attached hydrogens (primary N) is 1. The predicted molar refractivity (Wildman–Crippen MR) is 75.1 cm³/mol. The largest absolute Gasteiger partial charge is 0.416 e. The Morgan fingerprint density at radius 3 is 2.65 bits per heavy atom. The normalized spacial score (nSPS) is 11.4. The first-order valence-corrected chi connectivity index (χ1v) is 6.46. The van der Waals surface area contributed by atoms with Crippen LogP contribution in [0.3, 0.4) is 0 Å². The fourth-order valence-electron chi connectivity index (χ4n) is 1.65. The van der Waals surface area contributed by atoms with Crippen LogP contribution < -0.4 is 11.1 Å². The van der Waals surface area contributed by atoms with E-state index in [9.17, 15) is 13.2 Å². The molecule has 0 aliphatic heterocycles. The number of rotatable bonds is 3. The average Bonchev–Trinajstić information content (AvgIpc) is 2.37. The van der Waals surface area contributed by atoms with E-state index in [2.05, 4.69) is 26.2 Å². The van der Waals surface area contributed by atoms with Crippen LogP contribution in [0.1, 0.15) is 11.1 Å². The van der Waals surface area contributed by atoms with E-state index in [4.69, 9.17) is 5.73 Å². The number of halogens is 4. The lowest BCUT2D eigenvalue weighted by Gasteiger charge is -2.11. The predicted octanol–water partition coefficient (Wildman–Crippen LogP) is 4.06. The molecule has 1 heterocycles. The van der Waals surface area contributed by atoms with E-state index in [1.54, 1.807) is 18.3 Å². The van der Waals surface area contributed by atoms with Crippen molar-refractivity contribution < 1.29 is 13.2 Å². The molecule has 0 aliphatic carbocycles. The van der Waals surface area contributed by atoms with Crippen molar-refractivity contribution in [3.8, 4) is 0 Å². The zero-order valence-corrected chi connectivity index (χ0v) is 11.8. The third-order valence-corrected chi connectivity index (χ3v) is 3.03. The Kier molecular flexibility index (Phi) is 4.17. The topological polar surface area (TPSA) is 50.9 Å². The molecule has 0 saturated carbocycles. The molecule has 2 aromatic rings. The van der Waals surface area contributed by atoms with Gasteiger partial charge in [-0.2, -0.15) is 13.2 Å². The highest BCUT2D eigenvalue weighted by atomic mass is 79.9. The van der Waals surface area contributed by atoms with E-state index < -0.39 is 11.7 Å². The van der Waals surface area contributed by atoms with Gasteiger partial charge in [0.1, 0.15) is 5.82 Å². The lowest BCUT2D eigenvalue weighted by molar-refractivity contribution is -0.137. The van der Waals surface area contributed by atoms with Crippen molar-refractivity contribution in [3.05, 3.63) is 52.1 Å². The van der Waals surface area contributed by atoms with Gasteiger partial charge in [-0.25, -0.2) is 4.98 Å². The highest BCUT2D eigenvalue weighted by Gasteiger charge is 2.30. The lowest BCUT2D eigenvalue weighted by Crippen LogP contribution is -2.08. The van der Waals surface area contributed by atoms with E-state index in [0.29, 0.717) is 17.1 Å². The molecule has 0 saturated heterocycles. The van der Waals surface area contributed by atoms with Gasteiger partial charge in [-0.1, -0.05) is 12.1 Å². The van der Waals surface area contributed by atoms with Crippen LogP contribution in [0, 0.1) is 0 Å². The van der Waals surface area contributed by atoms with E-state index in [1.807, 2.05) is 0 Å². The van der Waals surface area contributed by atoms with E-state index in [0.717, 1.165) is 16.6 Å². The van der Waals surface area contributed by atoms with Crippen LogP contribution in [-0.4, -0.2) is 4.98 Å². The van der Waals surface area contributed by atoms with Crippen LogP contribution in [0.4, 0.5) is 24.7 Å². The molecule has 0 spiro atoms. The number of nitrogens with zero attached hydrogens (tertiary/aromatic N) is 1. The summed E-state index contributed by atoms with van der Waals surface area (Å²) >= 11 is 3.23. The van der Waals surface area contributed by atoms with Crippen molar-refractivity contribution >= 4 is 27.4 Å². The zero-order valence-electron chi connectivity index (χ0n) is 10.2. The second-order valence-corrected chi connectivity index (χ2v) is 5.06. The number of nitrogens with one attached hydrogen (secondary N) is 1. The summed E-state index contributed by atoms with van der Waals surface area (Å²) in [6.07, 6.45) is -2.78. The highest BCUT2D eigenvalue weighted by Crippen LogP contribution is 2.29. The Morgan fingerprint density at radius 1 is 1.25 bits per heavy atom. The van der Waals surface area contributed by atoms with Crippen LogP contribution in [0.2, 0.25) is 0 Å². The number of anilines is 2. The minimum Gasteiger partial charge on any atom is -0.396 e. The molecule has 1 aromatic heterocycles. The number of benzene rings is 1. The maximum Gasteiger partial charge on any atom is 0.416 e. The molecular formula is C13H11BrF3N3. The maximum atomic E-state index is 12.6. The summed E-state index contributed by atoms with van der Waals surface area (Å²) in [4.78, 5) is 4.06. The molecule has 3 nitrogen and oxygen atoms in total. The Balaban J connectivity index is 2.11. The Morgan fingerprint density at radius 2 is 2.00 bits per heavy atom. The summed E-state index contributed by atoms with van der Waals surface area (Å²) in [6.45, 7) is 0.211. The Bertz CT molecular complexity index is 614. The van der Waals surface area contributed by atoms with E-state index in [1.165, 1.54) is 6.07 Å². The third kappa shape index (κ3) is 3.63. The highest BCUT2D eigenvalue weighted by molar-refractivity contribution is 9.10. The van der Waals surface area contributed by atoms with Gasteiger partial charge in [0.15, 0.2) is 0 Å². The summed E-state index contributed by atoms with van der Waals surface area (Å²) in [7, 11) is 0. The Hall–Kier alpha value is -1.76. The summed E-state index contributed by atoms with van der Waals surface area (Å²) in [5, 5.41) is 2.91. The molecule has 0 atom stereocenters. The van der Waals surface area contributed by atoms with Gasteiger partial charge in [0.2, 0.25) is 0 Å². The average molecular weight is 346 g/mol. The summed E-state index contributed by atoms with van der Waals surface area (Å²) in [5.74, 6) is 0.436. The van der Waals surface area contributed by atoms with Gasteiger partial charge >= 0.3 is 6.18 Å². The smallest absolute Gasteiger partial charge is 0.396 e. The van der Waals surface area contributed by atoms with Crippen LogP contribution >= 0.6 is 15.9 Å². The van der Waals surface area contributed by atoms with E-state index >= 15 is 0 Å². The van der Waals surface area contributed by atoms with Gasteiger partial charge in [0.25, 0.3) is 0 Å². The molecule has 1 aromatic carbocycles. The number of hydrogen-bond donors (Lipinski definition) is 2. The number of aromatic nitrogens is 1. The molecule has 0 unspecified atom stereocenters. The standard InChI is InChI=1S/C13H11BrF3N3/c14-10-5-11(18)12(20-7-10)19-6-8-2-1-3-9(4-8)13(15,16)17/h1-5,7H,6,18H2,(H,19,20). The molecule has 0 fully saturated rings. The first-order chi connectivity index (χ1) is 9.36. The van der Waals surface area contributed by atoms with Gasteiger partial charge in [-0.05, 0) is 39.7 Å². The van der Waals surface area contributed by atoms with Gasteiger partial charge in [-0.3, -0.25) is 0 Å². The van der Waals surface area contributed by atoms with Crippen LogP contribution in [0.5, 0.6) is 0 Å². The number of hydrogen-bond acceptors (Lipinski definition) is 3. The molecule has 106 valence electrons. The van der Waals surface area contributed by atoms with Crippen molar-refractivity contribution in [1.82, 2.24) is 4.98 Å². The van der Waals surface area contributed by atoms with Gasteiger partial charge < -0.3 is 11.1 Å². The summed E-state index contributed by atoms with van der Waals surface area (Å²) < 4.78 is 38.5. The van der Waals surface area contributed by atoms with Crippen molar-refractivity contribution in [2.45, 2.75) is 12.7 Å². The second kappa shape index (κ2) is 5.70. The maximum absolute atomic E-state index is 12.6. The summed E-state index contributed by atoms with van der Waals surface area (Å²) in [6, 6.07) is 6.79. The first-order valence-electron chi connectivity index (χ1n) is 5.67. The summed E-state index contributed by atoms with van der Waals surface area (Å²) in [5.41, 5.74) is 6.00. The van der Waals surface area contributed by atoms with Crippen molar-refractivity contribution in [2.75, 3.05) is 11.1 Å². The molecule has 2 rings (SSSR count). The third-order valence-electron chi connectivity index (χ3n) is 2.60. The quantitative estimate of drug-likeness (QED) is 0.881. The van der Waals surface area contributed by atoms with Gasteiger partial charge in [0.05, 0.1) is 11.3 Å². The van der Waals surface area contributed by atoms with Crippen LogP contribution in [0.25, 0.3) is 0 Å². The van der Waals surface area contributed by atoms with E-state index in [-0.39, 0.29) is 6.54 Å².